The van der Waals surface area contributed by atoms with Crippen LogP contribution >= 0.6 is 0 Å². The second kappa shape index (κ2) is 5.41. The van der Waals surface area contributed by atoms with Gasteiger partial charge in [-0.3, -0.25) is 4.68 Å². The number of fused-ring (bicyclic) bond motifs is 1. The summed E-state index contributed by atoms with van der Waals surface area (Å²) in [5.74, 6) is 0. The molecule has 1 N–H and O–H groups in total. The first-order chi connectivity index (χ1) is 10.2. The Labute approximate surface area is 123 Å². The van der Waals surface area contributed by atoms with Gasteiger partial charge in [-0.2, -0.15) is 10.4 Å². The Morgan fingerprint density at radius 2 is 2.24 bits per heavy atom. The number of hydrogen-bond acceptors (Lipinski definition) is 3. The molecule has 0 saturated carbocycles. The van der Waals surface area contributed by atoms with E-state index in [0.717, 1.165) is 34.3 Å². The number of nitriles is 1. The molecular weight excluding hydrogens is 262 g/mol. The fourth-order valence-corrected chi connectivity index (χ4v) is 2.72. The molecule has 5 nitrogen and oxygen atoms in total. The molecule has 0 aliphatic carbocycles. The van der Waals surface area contributed by atoms with Gasteiger partial charge in [0.25, 0.3) is 0 Å². The fraction of sp³-hybridized carbons (Fsp3) is 0.312. The van der Waals surface area contributed by atoms with Gasteiger partial charge in [0.1, 0.15) is 5.65 Å². The number of nitrogens with one attached hydrogen (secondary N) is 1. The van der Waals surface area contributed by atoms with Crippen molar-refractivity contribution in [2.24, 2.45) is 0 Å². The zero-order valence-corrected chi connectivity index (χ0v) is 12.2. The van der Waals surface area contributed by atoms with E-state index in [4.69, 9.17) is 5.26 Å². The summed E-state index contributed by atoms with van der Waals surface area (Å²) in [6.07, 6.45) is 6.97. The van der Waals surface area contributed by atoms with Gasteiger partial charge in [0, 0.05) is 35.5 Å². The first kappa shape index (κ1) is 13.4. The molecule has 0 radical (unpaired) electrons. The average Bonchev–Trinajstić information content (AvgIpc) is 3.11. The van der Waals surface area contributed by atoms with Crippen LogP contribution in [0.25, 0.3) is 22.2 Å². The summed E-state index contributed by atoms with van der Waals surface area (Å²) < 4.78 is 2.01. The minimum atomic E-state index is 0.224. The van der Waals surface area contributed by atoms with Gasteiger partial charge in [0.2, 0.25) is 0 Å². The Balaban J connectivity index is 2.03. The first-order valence-electron chi connectivity index (χ1n) is 7.06. The highest BCUT2D eigenvalue weighted by Gasteiger charge is 2.15. The molecule has 3 aromatic rings. The van der Waals surface area contributed by atoms with Crippen molar-refractivity contribution in [3.05, 3.63) is 36.4 Å². The highest BCUT2D eigenvalue weighted by Crippen LogP contribution is 2.30. The van der Waals surface area contributed by atoms with E-state index in [0.29, 0.717) is 6.42 Å². The second-order valence-electron chi connectivity index (χ2n) is 5.23. The summed E-state index contributed by atoms with van der Waals surface area (Å²) in [6.45, 7) is 4.17. The van der Waals surface area contributed by atoms with Crippen LogP contribution in [0.15, 0.2) is 30.7 Å². The lowest BCUT2D eigenvalue weighted by molar-refractivity contribution is 0.455. The van der Waals surface area contributed by atoms with Crippen molar-refractivity contribution >= 4 is 11.0 Å². The Morgan fingerprint density at radius 3 is 3.05 bits per heavy atom. The van der Waals surface area contributed by atoms with Crippen LogP contribution < -0.4 is 0 Å². The monoisotopic (exact) mass is 279 g/mol. The smallest absolute Gasteiger partial charge is 0.137 e. The van der Waals surface area contributed by atoms with E-state index in [-0.39, 0.29) is 6.04 Å². The van der Waals surface area contributed by atoms with Crippen molar-refractivity contribution in [3.63, 3.8) is 0 Å². The topological polar surface area (TPSA) is 70.3 Å². The molecule has 3 rings (SSSR count). The number of H-pyrrole nitrogens is 1. The van der Waals surface area contributed by atoms with Crippen molar-refractivity contribution in [2.45, 2.75) is 32.7 Å². The molecule has 0 saturated heterocycles. The van der Waals surface area contributed by atoms with Crippen molar-refractivity contribution in [1.82, 2.24) is 19.7 Å². The van der Waals surface area contributed by atoms with E-state index in [1.165, 1.54) is 0 Å². The minimum Gasteiger partial charge on any atom is -0.346 e. The van der Waals surface area contributed by atoms with Crippen LogP contribution in [-0.2, 0) is 0 Å². The van der Waals surface area contributed by atoms with Gasteiger partial charge in [0.15, 0.2) is 0 Å². The van der Waals surface area contributed by atoms with Gasteiger partial charge in [-0.15, -0.1) is 0 Å². The van der Waals surface area contributed by atoms with Crippen molar-refractivity contribution in [1.29, 1.82) is 5.26 Å². The van der Waals surface area contributed by atoms with Gasteiger partial charge in [-0.25, -0.2) is 4.98 Å². The number of aromatic nitrogens is 4. The predicted octanol–water partition coefficient (Wildman–Crippen LogP) is 3.60. The van der Waals surface area contributed by atoms with Gasteiger partial charge >= 0.3 is 0 Å². The quantitative estimate of drug-likeness (QED) is 0.793. The van der Waals surface area contributed by atoms with Gasteiger partial charge in [-0.05, 0) is 38.0 Å². The lowest BCUT2D eigenvalue weighted by Gasteiger charge is -2.13. The predicted molar refractivity (Wildman–Crippen MR) is 81.6 cm³/mol. The molecule has 0 amide bonds. The molecule has 1 atom stereocenters. The summed E-state index contributed by atoms with van der Waals surface area (Å²) >= 11 is 0. The number of rotatable bonds is 4. The van der Waals surface area contributed by atoms with Crippen molar-refractivity contribution in [2.75, 3.05) is 0 Å². The first-order valence-corrected chi connectivity index (χ1v) is 7.06. The number of aromatic amines is 1. The molecule has 0 aliphatic rings. The van der Waals surface area contributed by atoms with E-state index >= 15 is 0 Å². The number of pyridine rings is 1. The van der Waals surface area contributed by atoms with Crippen molar-refractivity contribution in [3.8, 4) is 17.2 Å². The molecule has 0 fully saturated rings. The van der Waals surface area contributed by atoms with Crippen LogP contribution in [0.2, 0.25) is 0 Å². The standard InChI is InChI=1S/C16H17N5/c1-11(4-3-7-17)21-12(2)15(10-20-21)13-5-8-18-16-14(13)6-9-19-16/h5-6,8-11H,3-4H2,1-2H3,(H,18,19). The molecule has 0 aliphatic heterocycles. The molecule has 106 valence electrons. The maximum atomic E-state index is 8.72. The van der Waals surface area contributed by atoms with Gasteiger partial charge in [-0.1, -0.05) is 0 Å². The van der Waals surface area contributed by atoms with Crippen LogP contribution in [0.3, 0.4) is 0 Å². The zero-order valence-electron chi connectivity index (χ0n) is 12.2. The summed E-state index contributed by atoms with van der Waals surface area (Å²) in [5, 5.41) is 14.3. The maximum Gasteiger partial charge on any atom is 0.137 e. The lowest BCUT2D eigenvalue weighted by atomic mass is 10.0. The molecule has 1 unspecified atom stereocenters. The van der Waals surface area contributed by atoms with Gasteiger partial charge in [0.05, 0.1) is 18.3 Å². The fourth-order valence-electron chi connectivity index (χ4n) is 2.72. The van der Waals surface area contributed by atoms with Crippen LogP contribution in [0.4, 0.5) is 0 Å². The molecule has 5 heteroatoms. The third-order valence-corrected chi connectivity index (χ3v) is 3.89. The Kier molecular flexibility index (Phi) is 3.44. The summed E-state index contributed by atoms with van der Waals surface area (Å²) in [5.41, 5.74) is 4.26. The summed E-state index contributed by atoms with van der Waals surface area (Å²) in [4.78, 5) is 7.45. The lowest BCUT2D eigenvalue weighted by Crippen LogP contribution is -2.08. The Bertz CT molecular complexity index is 806. The van der Waals surface area contributed by atoms with Crippen LogP contribution in [0, 0.1) is 18.3 Å². The second-order valence-corrected chi connectivity index (χ2v) is 5.23. The maximum absolute atomic E-state index is 8.72. The highest BCUT2D eigenvalue weighted by atomic mass is 15.3. The molecule has 0 aromatic carbocycles. The van der Waals surface area contributed by atoms with E-state index < -0.39 is 0 Å². The summed E-state index contributed by atoms with van der Waals surface area (Å²) in [6, 6.07) is 6.47. The summed E-state index contributed by atoms with van der Waals surface area (Å²) in [7, 11) is 0. The van der Waals surface area contributed by atoms with Crippen molar-refractivity contribution < 1.29 is 0 Å². The molecule has 3 aromatic heterocycles. The molecule has 3 heterocycles. The molecule has 21 heavy (non-hydrogen) atoms. The molecule has 0 spiro atoms. The third-order valence-electron chi connectivity index (χ3n) is 3.89. The number of hydrogen-bond donors (Lipinski definition) is 1. The van der Waals surface area contributed by atoms with Crippen LogP contribution in [-0.4, -0.2) is 19.7 Å². The third kappa shape index (κ3) is 2.29. The van der Waals surface area contributed by atoms with E-state index in [1.54, 1.807) is 0 Å². The van der Waals surface area contributed by atoms with Crippen LogP contribution in [0.1, 0.15) is 31.5 Å². The molecule has 0 bridgehead atoms. The molecular formula is C16H17N5. The van der Waals surface area contributed by atoms with Gasteiger partial charge < -0.3 is 4.98 Å². The number of nitrogens with zero attached hydrogens (tertiary/aromatic N) is 4. The normalized spacial score (nSPS) is 12.4. The zero-order chi connectivity index (χ0) is 14.8. The largest absolute Gasteiger partial charge is 0.346 e. The highest BCUT2D eigenvalue weighted by molar-refractivity contribution is 5.93. The SMILES string of the molecule is Cc1c(-c2ccnc3[nH]ccc23)cnn1C(C)CCC#N. The Morgan fingerprint density at radius 1 is 1.38 bits per heavy atom. The van der Waals surface area contributed by atoms with Crippen LogP contribution in [0.5, 0.6) is 0 Å². The van der Waals surface area contributed by atoms with E-state index in [1.807, 2.05) is 35.4 Å². The van der Waals surface area contributed by atoms with E-state index in [2.05, 4.69) is 35.0 Å². The average molecular weight is 279 g/mol. The minimum absolute atomic E-state index is 0.224. The Hall–Kier alpha value is -2.61. The van der Waals surface area contributed by atoms with E-state index in [9.17, 15) is 0 Å².